The molecule has 1 aromatic rings. The molecule has 2 nitrogen and oxygen atoms in total. The summed E-state index contributed by atoms with van der Waals surface area (Å²) in [6.07, 6.45) is 4.18. The van der Waals surface area contributed by atoms with Crippen molar-refractivity contribution in [3.63, 3.8) is 0 Å². The molecule has 2 rings (SSSR count). The van der Waals surface area contributed by atoms with Gasteiger partial charge < -0.3 is 10.1 Å². The maximum absolute atomic E-state index is 5.28. The molecule has 0 saturated heterocycles. The van der Waals surface area contributed by atoms with Crippen molar-refractivity contribution in [2.24, 2.45) is 5.92 Å². The van der Waals surface area contributed by atoms with Crippen molar-refractivity contribution < 1.29 is 4.74 Å². The summed E-state index contributed by atoms with van der Waals surface area (Å²) in [5, 5.41) is 3.48. The number of methoxy groups -OCH3 is 1. The Kier molecular flexibility index (Phi) is 4.88. The van der Waals surface area contributed by atoms with E-state index in [0.717, 1.165) is 33.7 Å². The average Bonchev–Trinajstić information content (AvgIpc) is 3.08. The van der Waals surface area contributed by atoms with Gasteiger partial charge in [0, 0.05) is 6.54 Å². The van der Waals surface area contributed by atoms with Crippen molar-refractivity contribution in [1.82, 2.24) is 5.32 Å². The Morgan fingerprint density at radius 2 is 1.94 bits per heavy atom. The molecule has 1 aliphatic rings. The maximum Gasteiger partial charge on any atom is 0.147 e. The lowest BCUT2D eigenvalue weighted by Gasteiger charge is -2.10. The summed E-state index contributed by atoms with van der Waals surface area (Å²) in [7, 11) is 1.68. The predicted octanol–water partition coefficient (Wildman–Crippen LogP) is 4.11. The first-order chi connectivity index (χ1) is 8.20. The lowest BCUT2D eigenvalue weighted by Crippen LogP contribution is -2.15. The van der Waals surface area contributed by atoms with E-state index in [1.54, 1.807) is 7.11 Å². The third-order valence-electron chi connectivity index (χ3n) is 3.02. The minimum absolute atomic E-state index is 0.853. The number of hydrogen-bond acceptors (Lipinski definition) is 2. The Balaban J connectivity index is 1.86. The molecule has 4 heteroatoms. The largest absolute Gasteiger partial charge is 0.494 e. The highest BCUT2D eigenvalue weighted by molar-refractivity contribution is 9.11. The van der Waals surface area contributed by atoms with Gasteiger partial charge in [-0.3, -0.25) is 0 Å². The van der Waals surface area contributed by atoms with E-state index in [0.29, 0.717) is 0 Å². The van der Waals surface area contributed by atoms with Gasteiger partial charge in [-0.1, -0.05) is 12.8 Å². The van der Waals surface area contributed by atoms with Crippen molar-refractivity contribution in [1.29, 1.82) is 0 Å². The third-order valence-corrected chi connectivity index (χ3v) is 4.20. The number of nitrogens with one attached hydrogen (secondary N) is 1. The Hall–Kier alpha value is -0.0600. The fraction of sp³-hybridized carbons (Fsp3) is 0.538. The second-order valence-corrected chi connectivity index (χ2v) is 6.21. The standard InChI is InChI=1S/C13H17Br2NO/c1-17-13-11(14)6-10(7-12(13)15)8-16-5-4-9-2-3-9/h6-7,9,16H,2-5,8H2,1H3. The monoisotopic (exact) mass is 361 g/mol. The van der Waals surface area contributed by atoms with Crippen LogP contribution in [-0.4, -0.2) is 13.7 Å². The topological polar surface area (TPSA) is 21.3 Å². The molecule has 1 aromatic carbocycles. The second-order valence-electron chi connectivity index (χ2n) is 4.50. The molecular formula is C13H17Br2NO. The Morgan fingerprint density at radius 3 is 2.47 bits per heavy atom. The van der Waals surface area contributed by atoms with Gasteiger partial charge in [0.1, 0.15) is 5.75 Å². The minimum atomic E-state index is 0.853. The summed E-state index contributed by atoms with van der Waals surface area (Å²) < 4.78 is 7.27. The molecule has 0 radical (unpaired) electrons. The van der Waals surface area contributed by atoms with E-state index in [-0.39, 0.29) is 0 Å². The highest BCUT2D eigenvalue weighted by atomic mass is 79.9. The van der Waals surface area contributed by atoms with E-state index in [1.807, 2.05) is 0 Å². The van der Waals surface area contributed by atoms with E-state index in [9.17, 15) is 0 Å². The Labute approximate surface area is 119 Å². The molecule has 17 heavy (non-hydrogen) atoms. The van der Waals surface area contributed by atoms with Gasteiger partial charge >= 0.3 is 0 Å². The third kappa shape index (κ3) is 3.97. The van der Waals surface area contributed by atoms with Crippen LogP contribution in [0, 0.1) is 5.92 Å². The number of ether oxygens (including phenoxy) is 1. The van der Waals surface area contributed by atoms with Gasteiger partial charge in [0.25, 0.3) is 0 Å². The first-order valence-corrected chi connectivity index (χ1v) is 7.52. The molecule has 94 valence electrons. The van der Waals surface area contributed by atoms with E-state index in [2.05, 4.69) is 49.3 Å². The molecule has 0 heterocycles. The van der Waals surface area contributed by atoms with Crippen LogP contribution >= 0.6 is 31.9 Å². The first kappa shape index (κ1) is 13.4. The molecular weight excluding hydrogens is 346 g/mol. The highest BCUT2D eigenvalue weighted by Crippen LogP contribution is 2.34. The van der Waals surface area contributed by atoms with Crippen molar-refractivity contribution in [3.8, 4) is 5.75 Å². The van der Waals surface area contributed by atoms with Gasteiger partial charge in [-0.15, -0.1) is 0 Å². The van der Waals surface area contributed by atoms with E-state index < -0.39 is 0 Å². The van der Waals surface area contributed by atoms with Crippen LogP contribution in [0.2, 0.25) is 0 Å². The van der Waals surface area contributed by atoms with Crippen molar-refractivity contribution >= 4 is 31.9 Å². The van der Waals surface area contributed by atoms with Crippen LogP contribution in [0.4, 0.5) is 0 Å². The van der Waals surface area contributed by atoms with Crippen molar-refractivity contribution in [2.75, 3.05) is 13.7 Å². The molecule has 1 aliphatic carbocycles. The molecule has 0 spiro atoms. The zero-order valence-corrected chi connectivity index (χ0v) is 13.1. The normalized spacial score (nSPS) is 15.0. The fourth-order valence-electron chi connectivity index (χ4n) is 1.85. The maximum atomic E-state index is 5.28. The zero-order valence-electron chi connectivity index (χ0n) is 9.93. The number of benzene rings is 1. The number of rotatable bonds is 6. The molecule has 0 bridgehead atoms. The van der Waals surface area contributed by atoms with Crippen LogP contribution in [0.15, 0.2) is 21.1 Å². The molecule has 0 amide bonds. The Bertz CT molecular complexity index is 368. The van der Waals surface area contributed by atoms with Gasteiger partial charge in [0.15, 0.2) is 0 Å². The number of hydrogen-bond donors (Lipinski definition) is 1. The second kappa shape index (κ2) is 6.21. The molecule has 1 N–H and O–H groups in total. The SMILES string of the molecule is COc1c(Br)cc(CNCCC2CC2)cc1Br. The molecule has 0 atom stereocenters. The molecule has 1 saturated carbocycles. The Morgan fingerprint density at radius 1 is 1.29 bits per heavy atom. The highest BCUT2D eigenvalue weighted by Gasteiger charge is 2.19. The zero-order chi connectivity index (χ0) is 12.3. The lowest BCUT2D eigenvalue weighted by molar-refractivity contribution is 0.409. The molecule has 1 fully saturated rings. The van der Waals surface area contributed by atoms with E-state index >= 15 is 0 Å². The van der Waals surface area contributed by atoms with Crippen LogP contribution < -0.4 is 10.1 Å². The fourth-order valence-corrected chi connectivity index (χ4v) is 3.46. The first-order valence-electron chi connectivity index (χ1n) is 5.93. The predicted molar refractivity (Wildman–Crippen MR) is 77.4 cm³/mol. The van der Waals surface area contributed by atoms with Crippen LogP contribution in [0.1, 0.15) is 24.8 Å². The lowest BCUT2D eigenvalue weighted by atomic mass is 10.2. The van der Waals surface area contributed by atoms with E-state index in [1.165, 1.54) is 24.8 Å². The average molecular weight is 363 g/mol. The molecule has 0 aliphatic heterocycles. The summed E-state index contributed by atoms with van der Waals surface area (Å²) >= 11 is 7.04. The van der Waals surface area contributed by atoms with Crippen LogP contribution in [-0.2, 0) is 6.54 Å². The van der Waals surface area contributed by atoms with Gasteiger partial charge in [0.2, 0.25) is 0 Å². The van der Waals surface area contributed by atoms with Crippen molar-refractivity contribution in [2.45, 2.75) is 25.8 Å². The quantitative estimate of drug-likeness (QED) is 0.769. The van der Waals surface area contributed by atoms with Crippen LogP contribution in [0.5, 0.6) is 5.75 Å². The van der Waals surface area contributed by atoms with Crippen LogP contribution in [0.25, 0.3) is 0 Å². The molecule has 0 aromatic heterocycles. The summed E-state index contributed by atoms with van der Waals surface area (Å²) in [5.74, 6) is 1.85. The minimum Gasteiger partial charge on any atom is -0.494 e. The van der Waals surface area contributed by atoms with Gasteiger partial charge in [-0.2, -0.15) is 0 Å². The van der Waals surface area contributed by atoms with E-state index in [4.69, 9.17) is 4.74 Å². The summed E-state index contributed by atoms with van der Waals surface area (Å²) in [6, 6.07) is 4.21. The van der Waals surface area contributed by atoms with Gasteiger partial charge in [0.05, 0.1) is 16.1 Å². The van der Waals surface area contributed by atoms with Crippen molar-refractivity contribution in [3.05, 3.63) is 26.6 Å². The van der Waals surface area contributed by atoms with Gasteiger partial charge in [-0.25, -0.2) is 0 Å². The smallest absolute Gasteiger partial charge is 0.147 e. The number of halogens is 2. The molecule has 0 unspecified atom stereocenters. The summed E-state index contributed by atoms with van der Waals surface area (Å²) in [4.78, 5) is 0. The summed E-state index contributed by atoms with van der Waals surface area (Å²) in [5.41, 5.74) is 1.26. The van der Waals surface area contributed by atoms with Gasteiger partial charge in [-0.05, 0) is 68.4 Å². The summed E-state index contributed by atoms with van der Waals surface area (Å²) in [6.45, 7) is 2.03. The van der Waals surface area contributed by atoms with Crippen LogP contribution in [0.3, 0.4) is 0 Å².